The molecule has 0 radical (unpaired) electrons. The van der Waals surface area contributed by atoms with E-state index in [0.29, 0.717) is 0 Å². The fraction of sp³-hybridized carbons (Fsp3) is 0.111. The molecule has 0 atom stereocenters. The highest BCUT2D eigenvalue weighted by atomic mass is 19.4. The summed E-state index contributed by atoms with van der Waals surface area (Å²) in [6, 6.07) is 17.8. The van der Waals surface area contributed by atoms with Crippen molar-refractivity contribution in [1.29, 1.82) is 0 Å². The molecule has 0 aliphatic carbocycles. The molecule has 6 heteroatoms. The second kappa shape index (κ2) is 5.33. The number of hydrogen-bond donors (Lipinski definition) is 2. The number of halogens is 3. The Bertz CT molecular complexity index is 850. The largest absolute Gasteiger partial charge is 0.573 e. The SMILES string of the molecule is FC(F)(F)Oc1ccc(C2Nc3cccc4cccc(c34)N2)cc1. The van der Waals surface area contributed by atoms with Crippen molar-refractivity contribution in [2.24, 2.45) is 0 Å². The number of rotatable bonds is 2. The molecule has 24 heavy (non-hydrogen) atoms. The molecule has 0 aromatic heterocycles. The van der Waals surface area contributed by atoms with Crippen molar-refractivity contribution in [3.63, 3.8) is 0 Å². The summed E-state index contributed by atoms with van der Waals surface area (Å²) in [6.07, 6.45) is -4.91. The minimum Gasteiger partial charge on any atom is -0.406 e. The first-order chi connectivity index (χ1) is 11.5. The van der Waals surface area contributed by atoms with Gasteiger partial charge >= 0.3 is 6.36 Å². The van der Waals surface area contributed by atoms with Gasteiger partial charge in [-0.25, -0.2) is 0 Å². The van der Waals surface area contributed by atoms with Crippen LogP contribution in [0.2, 0.25) is 0 Å². The Labute approximate surface area is 136 Å². The lowest BCUT2D eigenvalue weighted by molar-refractivity contribution is -0.274. The van der Waals surface area contributed by atoms with Crippen molar-refractivity contribution in [3.05, 3.63) is 66.2 Å². The summed E-state index contributed by atoms with van der Waals surface area (Å²) in [5, 5.41) is 8.97. The van der Waals surface area contributed by atoms with Gasteiger partial charge in [0, 0.05) is 16.8 Å². The van der Waals surface area contributed by atoms with Crippen molar-refractivity contribution in [3.8, 4) is 5.75 Å². The second-order valence-electron chi connectivity index (χ2n) is 5.55. The predicted octanol–water partition coefficient (Wildman–Crippen LogP) is 5.27. The quantitative estimate of drug-likeness (QED) is 0.671. The zero-order valence-corrected chi connectivity index (χ0v) is 12.4. The Morgan fingerprint density at radius 2 is 1.38 bits per heavy atom. The van der Waals surface area contributed by atoms with Crippen LogP contribution in [0.25, 0.3) is 10.8 Å². The van der Waals surface area contributed by atoms with E-state index >= 15 is 0 Å². The van der Waals surface area contributed by atoms with Crippen molar-refractivity contribution >= 4 is 22.1 Å². The van der Waals surface area contributed by atoms with Crippen LogP contribution in [0.4, 0.5) is 24.5 Å². The minimum absolute atomic E-state index is 0.231. The lowest BCUT2D eigenvalue weighted by atomic mass is 10.0. The Balaban J connectivity index is 1.63. The molecular formula is C18H13F3N2O. The number of nitrogens with one attached hydrogen (secondary N) is 2. The van der Waals surface area contributed by atoms with Crippen LogP contribution in [-0.2, 0) is 0 Å². The summed E-state index contributed by atoms with van der Waals surface area (Å²) in [5.74, 6) is -0.232. The van der Waals surface area contributed by atoms with E-state index < -0.39 is 6.36 Å². The maximum atomic E-state index is 12.2. The van der Waals surface area contributed by atoms with E-state index in [9.17, 15) is 13.2 Å². The first-order valence-corrected chi connectivity index (χ1v) is 7.40. The zero-order valence-electron chi connectivity index (χ0n) is 12.4. The number of benzene rings is 3. The van der Waals surface area contributed by atoms with E-state index in [1.807, 2.05) is 36.4 Å². The molecule has 2 N–H and O–H groups in total. The standard InChI is InChI=1S/C18H13F3N2O/c19-18(20,21)24-13-9-7-12(8-10-13)17-22-14-5-1-3-11-4-2-6-15(23-17)16(11)14/h1-10,17,22-23H. The highest BCUT2D eigenvalue weighted by Crippen LogP contribution is 2.38. The predicted molar refractivity (Wildman–Crippen MR) is 87.1 cm³/mol. The average molecular weight is 330 g/mol. The van der Waals surface area contributed by atoms with Gasteiger partial charge < -0.3 is 15.4 Å². The molecule has 0 unspecified atom stereocenters. The summed E-state index contributed by atoms with van der Waals surface area (Å²) in [6.45, 7) is 0. The van der Waals surface area contributed by atoms with Crippen LogP contribution < -0.4 is 15.4 Å². The van der Waals surface area contributed by atoms with Crippen LogP contribution in [0.1, 0.15) is 11.7 Å². The Kier molecular flexibility index (Phi) is 3.26. The third kappa shape index (κ3) is 2.71. The van der Waals surface area contributed by atoms with E-state index in [2.05, 4.69) is 15.4 Å². The lowest BCUT2D eigenvalue weighted by Crippen LogP contribution is -2.23. The van der Waals surface area contributed by atoms with Gasteiger partial charge in [-0.2, -0.15) is 0 Å². The molecule has 122 valence electrons. The monoisotopic (exact) mass is 330 g/mol. The second-order valence-corrected chi connectivity index (χ2v) is 5.55. The molecule has 1 aliphatic rings. The smallest absolute Gasteiger partial charge is 0.406 e. The van der Waals surface area contributed by atoms with E-state index in [0.717, 1.165) is 27.7 Å². The Morgan fingerprint density at radius 3 is 1.92 bits per heavy atom. The van der Waals surface area contributed by atoms with Gasteiger partial charge in [-0.15, -0.1) is 13.2 Å². The summed E-state index contributed by atoms with van der Waals surface area (Å²) in [7, 11) is 0. The van der Waals surface area contributed by atoms with Crippen molar-refractivity contribution in [2.75, 3.05) is 10.6 Å². The van der Waals surface area contributed by atoms with Crippen LogP contribution in [-0.4, -0.2) is 6.36 Å². The zero-order chi connectivity index (χ0) is 16.7. The summed E-state index contributed by atoms with van der Waals surface area (Å²) in [5.41, 5.74) is 2.79. The summed E-state index contributed by atoms with van der Waals surface area (Å²) in [4.78, 5) is 0. The first-order valence-electron chi connectivity index (χ1n) is 7.40. The van der Waals surface area contributed by atoms with Gasteiger partial charge in [0.25, 0.3) is 0 Å². The molecule has 0 amide bonds. The van der Waals surface area contributed by atoms with Crippen LogP contribution in [0.15, 0.2) is 60.7 Å². The fourth-order valence-corrected chi connectivity index (χ4v) is 2.96. The van der Waals surface area contributed by atoms with Crippen LogP contribution in [0.5, 0.6) is 5.75 Å². The third-order valence-corrected chi connectivity index (χ3v) is 3.95. The van der Waals surface area contributed by atoms with E-state index in [1.54, 1.807) is 12.1 Å². The highest BCUT2D eigenvalue weighted by Gasteiger charge is 2.31. The lowest BCUT2D eigenvalue weighted by Gasteiger charge is -2.29. The van der Waals surface area contributed by atoms with Gasteiger partial charge in [0.05, 0.1) is 0 Å². The molecule has 3 aromatic carbocycles. The number of alkyl halides is 3. The normalized spacial score (nSPS) is 14.1. The molecular weight excluding hydrogens is 317 g/mol. The molecule has 3 aromatic rings. The summed E-state index contributed by atoms with van der Waals surface area (Å²) >= 11 is 0. The number of hydrogen-bond acceptors (Lipinski definition) is 3. The Hall–Kier alpha value is -2.89. The molecule has 1 heterocycles. The molecule has 0 saturated heterocycles. The van der Waals surface area contributed by atoms with Crippen LogP contribution >= 0.6 is 0 Å². The summed E-state index contributed by atoms with van der Waals surface area (Å²) < 4.78 is 40.6. The van der Waals surface area contributed by atoms with Gasteiger partial charge in [0.1, 0.15) is 11.9 Å². The van der Waals surface area contributed by atoms with Gasteiger partial charge in [-0.05, 0) is 35.2 Å². The van der Waals surface area contributed by atoms with Crippen LogP contribution in [0.3, 0.4) is 0 Å². The van der Waals surface area contributed by atoms with Crippen molar-refractivity contribution in [2.45, 2.75) is 12.5 Å². The maximum Gasteiger partial charge on any atom is 0.573 e. The molecule has 4 rings (SSSR count). The molecule has 3 nitrogen and oxygen atoms in total. The molecule has 1 aliphatic heterocycles. The number of anilines is 2. The Morgan fingerprint density at radius 1 is 0.792 bits per heavy atom. The van der Waals surface area contributed by atoms with E-state index in [4.69, 9.17) is 0 Å². The molecule has 0 fully saturated rings. The van der Waals surface area contributed by atoms with Crippen molar-refractivity contribution in [1.82, 2.24) is 0 Å². The van der Waals surface area contributed by atoms with Gasteiger partial charge in [-0.1, -0.05) is 36.4 Å². The molecule has 0 spiro atoms. The van der Waals surface area contributed by atoms with E-state index in [1.165, 1.54) is 12.1 Å². The first kappa shape index (κ1) is 14.7. The van der Waals surface area contributed by atoms with Gasteiger partial charge in [0.15, 0.2) is 0 Å². The molecule has 0 bridgehead atoms. The number of ether oxygens (including phenoxy) is 1. The molecule has 0 saturated carbocycles. The van der Waals surface area contributed by atoms with Crippen LogP contribution in [0, 0.1) is 0 Å². The highest BCUT2D eigenvalue weighted by molar-refractivity contribution is 6.04. The van der Waals surface area contributed by atoms with Gasteiger partial charge in [0.2, 0.25) is 0 Å². The topological polar surface area (TPSA) is 33.3 Å². The van der Waals surface area contributed by atoms with Crippen molar-refractivity contribution < 1.29 is 17.9 Å². The minimum atomic E-state index is -4.68. The van der Waals surface area contributed by atoms with E-state index in [-0.39, 0.29) is 11.9 Å². The van der Waals surface area contributed by atoms with Gasteiger partial charge in [-0.3, -0.25) is 0 Å². The average Bonchev–Trinajstić information content (AvgIpc) is 2.54. The third-order valence-electron chi connectivity index (χ3n) is 3.95. The fourth-order valence-electron chi connectivity index (χ4n) is 2.96. The maximum absolute atomic E-state index is 12.2.